The summed E-state index contributed by atoms with van der Waals surface area (Å²) in [7, 11) is 1.68. The Hall–Kier alpha value is -1.99. The average Bonchev–Trinajstić information content (AvgIpc) is 2.53. The molecule has 0 saturated carbocycles. The zero-order valence-corrected chi connectivity index (χ0v) is 14.3. The molecule has 0 aliphatic heterocycles. The molecule has 0 aliphatic carbocycles. The fraction of sp³-hybridized carbons (Fsp3) is 0.133. The number of hydrazine groups is 1. The number of hydrogen-bond donors (Lipinski definition) is 2. The molecule has 0 spiro atoms. The number of rotatable bonds is 3. The Balaban J connectivity index is 1.87. The van der Waals surface area contributed by atoms with Crippen molar-refractivity contribution < 1.29 is 4.79 Å². The zero-order chi connectivity index (χ0) is 15.9. The molecular formula is C15H15BrN4OS. The van der Waals surface area contributed by atoms with Crippen LogP contribution < -0.4 is 10.7 Å². The fourth-order valence-corrected chi connectivity index (χ4v) is 2.18. The molecular weight excluding hydrogens is 364 g/mol. The molecule has 1 aromatic carbocycles. The number of carbonyl (C=O) groups is 1. The quantitative estimate of drug-likeness (QED) is 0.634. The van der Waals surface area contributed by atoms with Crippen molar-refractivity contribution in [3.63, 3.8) is 0 Å². The molecule has 0 fully saturated rings. The lowest BCUT2D eigenvalue weighted by atomic mass is 10.2. The minimum atomic E-state index is -0.278. The molecule has 7 heteroatoms. The average molecular weight is 379 g/mol. The van der Waals surface area contributed by atoms with E-state index < -0.39 is 0 Å². The van der Waals surface area contributed by atoms with Crippen LogP contribution in [0.4, 0.5) is 0 Å². The second kappa shape index (κ2) is 7.86. The molecule has 2 N–H and O–H groups in total. The molecule has 1 amide bonds. The lowest BCUT2D eigenvalue weighted by Crippen LogP contribution is -2.47. The predicted molar refractivity (Wildman–Crippen MR) is 93.0 cm³/mol. The first-order chi connectivity index (χ1) is 10.6. The molecule has 0 saturated heterocycles. The SMILES string of the molecule is CN(NC(=O)c1cncc(Br)c1)C(=S)NCc1ccccc1. The van der Waals surface area contributed by atoms with Crippen molar-refractivity contribution in [2.45, 2.75) is 6.54 Å². The van der Waals surface area contributed by atoms with Gasteiger partial charge in [-0.3, -0.25) is 20.2 Å². The smallest absolute Gasteiger partial charge is 0.271 e. The summed E-state index contributed by atoms with van der Waals surface area (Å²) in [6, 6.07) is 11.6. The Morgan fingerprint density at radius 1 is 1.32 bits per heavy atom. The van der Waals surface area contributed by atoms with Gasteiger partial charge in [-0.2, -0.15) is 0 Å². The van der Waals surface area contributed by atoms with Crippen LogP contribution in [0.25, 0.3) is 0 Å². The second-order valence-corrected chi connectivity index (χ2v) is 5.84. The van der Waals surface area contributed by atoms with Gasteiger partial charge in [0, 0.05) is 30.5 Å². The molecule has 1 aromatic heterocycles. The summed E-state index contributed by atoms with van der Waals surface area (Å²) >= 11 is 8.53. The van der Waals surface area contributed by atoms with Crippen molar-refractivity contribution in [1.82, 2.24) is 20.7 Å². The van der Waals surface area contributed by atoms with Crippen LogP contribution in [0.3, 0.4) is 0 Å². The van der Waals surface area contributed by atoms with Crippen molar-refractivity contribution >= 4 is 39.2 Å². The minimum absolute atomic E-state index is 0.278. The lowest BCUT2D eigenvalue weighted by molar-refractivity contribution is 0.0886. The van der Waals surface area contributed by atoms with Gasteiger partial charge in [0.1, 0.15) is 0 Å². The van der Waals surface area contributed by atoms with E-state index in [2.05, 4.69) is 31.7 Å². The van der Waals surface area contributed by atoms with E-state index in [-0.39, 0.29) is 5.91 Å². The number of aromatic nitrogens is 1. The van der Waals surface area contributed by atoms with E-state index in [1.165, 1.54) is 11.2 Å². The van der Waals surface area contributed by atoms with Gasteiger partial charge < -0.3 is 5.32 Å². The first-order valence-corrected chi connectivity index (χ1v) is 7.73. The monoisotopic (exact) mass is 378 g/mol. The van der Waals surface area contributed by atoms with Gasteiger partial charge in [-0.1, -0.05) is 30.3 Å². The van der Waals surface area contributed by atoms with E-state index in [0.29, 0.717) is 17.2 Å². The summed E-state index contributed by atoms with van der Waals surface area (Å²) in [6.07, 6.45) is 3.11. The zero-order valence-electron chi connectivity index (χ0n) is 11.9. The molecule has 0 radical (unpaired) electrons. The number of thiocarbonyl (C=S) groups is 1. The summed E-state index contributed by atoms with van der Waals surface area (Å²) in [6.45, 7) is 0.596. The lowest BCUT2D eigenvalue weighted by Gasteiger charge is -2.21. The van der Waals surface area contributed by atoms with Crippen LogP contribution in [0.15, 0.2) is 53.3 Å². The molecule has 0 atom stereocenters. The Bertz CT molecular complexity index is 666. The Labute approximate surface area is 142 Å². The van der Waals surface area contributed by atoms with E-state index >= 15 is 0 Å². The molecule has 0 aliphatic rings. The number of carbonyl (C=O) groups excluding carboxylic acids is 1. The molecule has 1 heterocycles. The molecule has 0 bridgehead atoms. The van der Waals surface area contributed by atoms with Gasteiger partial charge in [0.25, 0.3) is 5.91 Å². The summed E-state index contributed by atoms with van der Waals surface area (Å²) in [5, 5.41) is 4.99. The molecule has 5 nitrogen and oxygen atoms in total. The van der Waals surface area contributed by atoms with Gasteiger partial charge in [0.2, 0.25) is 0 Å². The Kier molecular flexibility index (Phi) is 5.85. The van der Waals surface area contributed by atoms with Gasteiger partial charge in [-0.15, -0.1) is 0 Å². The summed E-state index contributed by atoms with van der Waals surface area (Å²) < 4.78 is 0.743. The normalized spacial score (nSPS) is 9.91. The predicted octanol–water partition coefficient (Wildman–Crippen LogP) is 2.50. The third-order valence-electron chi connectivity index (χ3n) is 2.83. The fourth-order valence-electron chi connectivity index (χ4n) is 1.70. The molecule has 2 aromatic rings. The Morgan fingerprint density at radius 3 is 2.73 bits per heavy atom. The third kappa shape index (κ3) is 4.78. The van der Waals surface area contributed by atoms with Crippen molar-refractivity contribution in [3.05, 3.63) is 64.4 Å². The van der Waals surface area contributed by atoms with Crippen LogP contribution in [-0.4, -0.2) is 28.1 Å². The highest BCUT2D eigenvalue weighted by Gasteiger charge is 2.11. The van der Waals surface area contributed by atoms with Crippen molar-refractivity contribution in [2.75, 3.05) is 7.05 Å². The van der Waals surface area contributed by atoms with Crippen LogP contribution >= 0.6 is 28.1 Å². The highest BCUT2D eigenvalue weighted by atomic mass is 79.9. The number of halogens is 1. The van der Waals surface area contributed by atoms with Crippen molar-refractivity contribution in [3.8, 4) is 0 Å². The van der Waals surface area contributed by atoms with Gasteiger partial charge in [0.15, 0.2) is 5.11 Å². The van der Waals surface area contributed by atoms with Gasteiger partial charge in [-0.05, 0) is 39.8 Å². The van der Waals surface area contributed by atoms with Crippen molar-refractivity contribution in [1.29, 1.82) is 0 Å². The minimum Gasteiger partial charge on any atom is -0.357 e. The summed E-state index contributed by atoms with van der Waals surface area (Å²) in [5.41, 5.74) is 4.25. The number of hydrogen-bond acceptors (Lipinski definition) is 3. The third-order valence-corrected chi connectivity index (χ3v) is 3.68. The van der Waals surface area contributed by atoms with Crippen LogP contribution in [0.1, 0.15) is 15.9 Å². The van der Waals surface area contributed by atoms with Gasteiger partial charge >= 0.3 is 0 Å². The largest absolute Gasteiger partial charge is 0.357 e. The maximum absolute atomic E-state index is 12.1. The first kappa shape index (κ1) is 16.4. The Morgan fingerprint density at radius 2 is 2.05 bits per heavy atom. The van der Waals surface area contributed by atoms with Gasteiger partial charge in [-0.25, -0.2) is 0 Å². The number of pyridine rings is 1. The van der Waals surface area contributed by atoms with E-state index in [0.717, 1.165) is 10.0 Å². The van der Waals surface area contributed by atoms with E-state index in [1.54, 1.807) is 19.3 Å². The first-order valence-electron chi connectivity index (χ1n) is 6.53. The second-order valence-electron chi connectivity index (χ2n) is 4.54. The standard InChI is InChI=1S/C15H15BrN4OS/c1-20(15(22)18-8-11-5-3-2-4-6-11)19-14(21)12-7-13(16)10-17-9-12/h2-7,9-10H,8H2,1H3,(H,18,22)(H,19,21). The topological polar surface area (TPSA) is 57.3 Å². The van der Waals surface area contributed by atoms with Crippen LogP contribution in [0, 0.1) is 0 Å². The highest BCUT2D eigenvalue weighted by Crippen LogP contribution is 2.09. The molecule has 114 valence electrons. The van der Waals surface area contributed by atoms with Crippen LogP contribution in [-0.2, 0) is 6.54 Å². The molecule has 2 rings (SSSR count). The van der Waals surface area contributed by atoms with E-state index in [4.69, 9.17) is 12.2 Å². The number of nitrogens with zero attached hydrogens (tertiary/aromatic N) is 2. The van der Waals surface area contributed by atoms with E-state index in [1.807, 2.05) is 30.3 Å². The summed E-state index contributed by atoms with van der Waals surface area (Å²) in [4.78, 5) is 16.0. The van der Waals surface area contributed by atoms with Crippen LogP contribution in [0.5, 0.6) is 0 Å². The molecule has 22 heavy (non-hydrogen) atoms. The van der Waals surface area contributed by atoms with Crippen molar-refractivity contribution in [2.24, 2.45) is 0 Å². The number of amides is 1. The van der Waals surface area contributed by atoms with Gasteiger partial charge in [0.05, 0.1) is 5.56 Å². The highest BCUT2D eigenvalue weighted by molar-refractivity contribution is 9.10. The maximum Gasteiger partial charge on any atom is 0.271 e. The maximum atomic E-state index is 12.1. The molecule has 0 unspecified atom stereocenters. The number of nitrogens with one attached hydrogen (secondary N) is 2. The summed E-state index contributed by atoms with van der Waals surface area (Å²) in [5.74, 6) is -0.278. The number of benzene rings is 1. The van der Waals surface area contributed by atoms with E-state index in [9.17, 15) is 4.79 Å². The van der Waals surface area contributed by atoms with Crippen LogP contribution in [0.2, 0.25) is 0 Å².